The Morgan fingerprint density at radius 3 is 2.70 bits per heavy atom. The second kappa shape index (κ2) is 7.10. The van der Waals surface area contributed by atoms with Gasteiger partial charge < -0.3 is 10.6 Å². The predicted molar refractivity (Wildman–Crippen MR) is 93.0 cm³/mol. The molecule has 1 aromatic carbocycles. The van der Waals surface area contributed by atoms with E-state index in [-0.39, 0.29) is 11.8 Å². The minimum atomic E-state index is -0.571. The molecule has 1 unspecified atom stereocenters. The second-order valence-corrected chi connectivity index (χ2v) is 6.65. The van der Waals surface area contributed by atoms with Crippen molar-refractivity contribution < 1.29 is 9.59 Å². The molecule has 0 aliphatic heterocycles. The van der Waals surface area contributed by atoms with Crippen LogP contribution in [0.3, 0.4) is 0 Å². The van der Waals surface area contributed by atoms with E-state index in [1.807, 2.05) is 19.2 Å². The fraction of sp³-hybridized carbons (Fsp3) is 0.312. The molecule has 0 radical (unpaired) electrons. The van der Waals surface area contributed by atoms with E-state index < -0.39 is 5.54 Å². The van der Waals surface area contributed by atoms with Gasteiger partial charge in [-0.15, -0.1) is 11.3 Å². The molecular weight excluding hydrogens is 334 g/mol. The van der Waals surface area contributed by atoms with Crippen LogP contribution >= 0.6 is 22.9 Å². The quantitative estimate of drug-likeness (QED) is 0.860. The molecule has 5 nitrogen and oxygen atoms in total. The number of nitrogens with zero attached hydrogens (tertiary/aromatic N) is 1. The summed E-state index contributed by atoms with van der Waals surface area (Å²) in [5, 5.41) is 8.68. The fourth-order valence-electron chi connectivity index (χ4n) is 2.09. The first kappa shape index (κ1) is 17.4. The van der Waals surface area contributed by atoms with Gasteiger partial charge in [0.1, 0.15) is 5.01 Å². The van der Waals surface area contributed by atoms with Crippen molar-refractivity contribution in [1.29, 1.82) is 0 Å². The third-order valence-electron chi connectivity index (χ3n) is 3.53. The zero-order valence-electron chi connectivity index (χ0n) is 13.1. The van der Waals surface area contributed by atoms with Crippen LogP contribution in [0.15, 0.2) is 29.8 Å². The van der Waals surface area contributed by atoms with Gasteiger partial charge in [0.25, 0.3) is 5.91 Å². The van der Waals surface area contributed by atoms with Crippen LogP contribution in [0.1, 0.15) is 42.6 Å². The molecule has 0 fully saturated rings. The maximum atomic E-state index is 12.6. The fourth-order valence-corrected chi connectivity index (χ4v) is 3.12. The van der Waals surface area contributed by atoms with E-state index in [1.165, 1.54) is 18.3 Å². The van der Waals surface area contributed by atoms with Crippen molar-refractivity contribution in [3.05, 3.63) is 45.4 Å². The number of carbonyl (C=O) groups is 2. The number of hydrogen-bond acceptors (Lipinski definition) is 4. The van der Waals surface area contributed by atoms with Gasteiger partial charge >= 0.3 is 0 Å². The predicted octanol–water partition coefficient (Wildman–Crippen LogP) is 3.81. The number of anilines is 1. The van der Waals surface area contributed by atoms with Crippen LogP contribution in [0.4, 0.5) is 5.69 Å². The standard InChI is InChI=1S/C16H18ClN3O2S/c1-4-16(3,15-18-7-8-23-15)20-14(22)12-9-11(19-10(2)21)5-6-13(12)17/h5-9H,4H2,1-3H3,(H,19,21)(H,20,22). The van der Waals surface area contributed by atoms with Crippen molar-refractivity contribution in [2.45, 2.75) is 32.7 Å². The lowest BCUT2D eigenvalue weighted by Crippen LogP contribution is -2.43. The van der Waals surface area contributed by atoms with Crippen molar-refractivity contribution in [2.75, 3.05) is 5.32 Å². The van der Waals surface area contributed by atoms with Gasteiger partial charge in [-0.25, -0.2) is 4.98 Å². The Labute approximate surface area is 144 Å². The van der Waals surface area contributed by atoms with Gasteiger partial charge in [-0.2, -0.15) is 0 Å². The molecule has 1 heterocycles. The number of hydrogen-bond donors (Lipinski definition) is 2. The first-order chi connectivity index (χ1) is 10.9. The van der Waals surface area contributed by atoms with Gasteiger partial charge in [0.15, 0.2) is 0 Å². The first-order valence-electron chi connectivity index (χ1n) is 7.15. The third kappa shape index (κ3) is 4.09. The summed E-state index contributed by atoms with van der Waals surface area (Å²) in [4.78, 5) is 28.1. The molecular formula is C16H18ClN3O2S. The van der Waals surface area contributed by atoms with Crippen LogP contribution in [0.2, 0.25) is 5.02 Å². The average Bonchev–Trinajstić information content (AvgIpc) is 3.03. The Kier molecular flexibility index (Phi) is 5.38. The summed E-state index contributed by atoms with van der Waals surface area (Å²) in [5.41, 5.74) is 0.270. The van der Waals surface area contributed by atoms with E-state index in [0.717, 1.165) is 5.01 Å². The van der Waals surface area contributed by atoms with E-state index in [4.69, 9.17) is 11.6 Å². The van der Waals surface area contributed by atoms with E-state index in [9.17, 15) is 9.59 Å². The van der Waals surface area contributed by atoms with Gasteiger partial charge in [-0.1, -0.05) is 18.5 Å². The minimum absolute atomic E-state index is 0.208. The number of aromatic nitrogens is 1. The third-order valence-corrected chi connectivity index (χ3v) is 4.90. The number of rotatable bonds is 5. The molecule has 0 saturated heterocycles. The summed E-state index contributed by atoms with van der Waals surface area (Å²) in [7, 11) is 0. The maximum absolute atomic E-state index is 12.6. The number of amides is 2. The Balaban J connectivity index is 2.28. The summed E-state index contributed by atoms with van der Waals surface area (Å²) >= 11 is 7.63. The Morgan fingerprint density at radius 2 is 2.13 bits per heavy atom. The zero-order valence-corrected chi connectivity index (χ0v) is 14.7. The van der Waals surface area contributed by atoms with Crippen molar-refractivity contribution in [1.82, 2.24) is 10.3 Å². The van der Waals surface area contributed by atoms with Crippen molar-refractivity contribution in [2.24, 2.45) is 0 Å². The Hall–Kier alpha value is -1.92. The van der Waals surface area contributed by atoms with Crippen LogP contribution in [-0.2, 0) is 10.3 Å². The monoisotopic (exact) mass is 351 g/mol. The van der Waals surface area contributed by atoms with Crippen molar-refractivity contribution in [3.63, 3.8) is 0 Å². The summed E-state index contributed by atoms with van der Waals surface area (Å²) in [6.45, 7) is 5.32. The highest BCUT2D eigenvalue weighted by atomic mass is 35.5. The SMILES string of the molecule is CCC(C)(NC(=O)c1cc(NC(C)=O)ccc1Cl)c1nccs1. The molecule has 2 amide bonds. The molecule has 2 aromatic rings. The summed E-state index contributed by atoms with van der Waals surface area (Å²) in [6.07, 6.45) is 2.40. The van der Waals surface area contributed by atoms with E-state index in [2.05, 4.69) is 15.6 Å². The molecule has 0 saturated carbocycles. The smallest absolute Gasteiger partial charge is 0.253 e. The van der Waals surface area contributed by atoms with E-state index in [1.54, 1.807) is 24.4 Å². The van der Waals surface area contributed by atoms with Crippen molar-refractivity contribution >= 4 is 40.4 Å². The number of benzene rings is 1. The Bertz CT molecular complexity index is 718. The van der Waals surface area contributed by atoms with E-state index in [0.29, 0.717) is 22.7 Å². The normalized spacial score (nSPS) is 13.2. The number of nitrogens with one attached hydrogen (secondary N) is 2. The average molecular weight is 352 g/mol. The minimum Gasteiger partial charge on any atom is -0.340 e. The maximum Gasteiger partial charge on any atom is 0.253 e. The second-order valence-electron chi connectivity index (χ2n) is 5.35. The largest absolute Gasteiger partial charge is 0.340 e. The summed E-state index contributed by atoms with van der Waals surface area (Å²) in [6, 6.07) is 4.81. The van der Waals surface area contributed by atoms with Gasteiger partial charge in [-0.05, 0) is 31.5 Å². The molecule has 1 atom stereocenters. The topological polar surface area (TPSA) is 71.1 Å². The molecule has 2 N–H and O–H groups in total. The highest BCUT2D eigenvalue weighted by Gasteiger charge is 2.30. The summed E-state index contributed by atoms with van der Waals surface area (Å²) < 4.78 is 0. The first-order valence-corrected chi connectivity index (χ1v) is 8.41. The molecule has 0 spiro atoms. The molecule has 7 heteroatoms. The molecule has 2 rings (SSSR count). The van der Waals surface area contributed by atoms with Crippen LogP contribution in [-0.4, -0.2) is 16.8 Å². The lowest BCUT2D eigenvalue weighted by Gasteiger charge is -2.27. The van der Waals surface area contributed by atoms with Crippen LogP contribution < -0.4 is 10.6 Å². The Morgan fingerprint density at radius 1 is 1.39 bits per heavy atom. The highest BCUT2D eigenvalue weighted by molar-refractivity contribution is 7.09. The van der Waals surface area contributed by atoms with Crippen LogP contribution in [0.25, 0.3) is 0 Å². The molecule has 0 bridgehead atoms. The molecule has 122 valence electrons. The van der Waals surface area contributed by atoms with Gasteiger partial charge in [0, 0.05) is 24.2 Å². The lowest BCUT2D eigenvalue weighted by molar-refractivity contribution is -0.114. The van der Waals surface area contributed by atoms with Crippen LogP contribution in [0, 0.1) is 0 Å². The van der Waals surface area contributed by atoms with Crippen LogP contribution in [0.5, 0.6) is 0 Å². The van der Waals surface area contributed by atoms with Gasteiger partial charge in [0.2, 0.25) is 5.91 Å². The van der Waals surface area contributed by atoms with Crippen molar-refractivity contribution in [3.8, 4) is 0 Å². The molecule has 0 aliphatic carbocycles. The molecule has 23 heavy (non-hydrogen) atoms. The van der Waals surface area contributed by atoms with Gasteiger partial charge in [-0.3, -0.25) is 9.59 Å². The number of thiazole rings is 1. The highest BCUT2D eigenvalue weighted by Crippen LogP contribution is 2.28. The number of halogens is 1. The zero-order chi connectivity index (χ0) is 17.0. The van der Waals surface area contributed by atoms with Gasteiger partial charge in [0.05, 0.1) is 16.1 Å². The van der Waals surface area contributed by atoms with E-state index >= 15 is 0 Å². The lowest BCUT2D eigenvalue weighted by atomic mass is 9.99. The summed E-state index contributed by atoms with van der Waals surface area (Å²) in [5.74, 6) is -0.512. The molecule has 1 aromatic heterocycles. The molecule has 0 aliphatic rings. The number of carbonyl (C=O) groups excluding carboxylic acids is 2.